The Morgan fingerprint density at radius 3 is 2.86 bits per heavy atom. The molecule has 0 aliphatic carbocycles. The third-order valence-corrected chi connectivity index (χ3v) is 3.34. The zero-order valence-corrected chi connectivity index (χ0v) is 12.2. The number of nitrogens with one attached hydrogen (secondary N) is 2. The van der Waals surface area contributed by atoms with Gasteiger partial charge in [0.25, 0.3) is 11.5 Å². The van der Waals surface area contributed by atoms with E-state index >= 15 is 0 Å². The van der Waals surface area contributed by atoms with Crippen LogP contribution in [-0.4, -0.2) is 25.3 Å². The molecule has 0 fully saturated rings. The van der Waals surface area contributed by atoms with Gasteiger partial charge in [-0.1, -0.05) is 6.07 Å². The van der Waals surface area contributed by atoms with Gasteiger partial charge in [0.15, 0.2) is 0 Å². The van der Waals surface area contributed by atoms with Gasteiger partial charge >= 0.3 is 0 Å². The molecule has 0 aromatic carbocycles. The van der Waals surface area contributed by atoms with E-state index in [1.165, 1.54) is 10.6 Å². The number of aromatic nitrogens is 4. The first-order valence-corrected chi connectivity index (χ1v) is 6.85. The molecule has 0 spiro atoms. The minimum absolute atomic E-state index is 0.00109. The van der Waals surface area contributed by atoms with Gasteiger partial charge in [0.05, 0.1) is 6.04 Å². The summed E-state index contributed by atoms with van der Waals surface area (Å²) in [6, 6.07) is 4.86. The Hall–Kier alpha value is -2.96. The Morgan fingerprint density at radius 1 is 1.32 bits per heavy atom. The number of aromatic amines is 1. The van der Waals surface area contributed by atoms with Crippen LogP contribution in [0.1, 0.15) is 34.8 Å². The third kappa shape index (κ3) is 2.48. The zero-order chi connectivity index (χ0) is 15.7. The average Bonchev–Trinajstić information content (AvgIpc) is 2.94. The smallest absolute Gasteiger partial charge is 0.270 e. The first-order valence-electron chi connectivity index (χ1n) is 6.85. The fraction of sp³-hybridized carbons (Fsp3) is 0.200. The lowest BCUT2D eigenvalue weighted by Gasteiger charge is -2.11. The number of H-pyrrole nitrogens is 1. The van der Waals surface area contributed by atoms with Crippen LogP contribution in [0.25, 0.3) is 5.65 Å². The molecule has 1 unspecified atom stereocenters. The Morgan fingerprint density at radius 2 is 2.14 bits per heavy atom. The Bertz CT molecular complexity index is 896. The summed E-state index contributed by atoms with van der Waals surface area (Å²) in [4.78, 5) is 36.0. The first-order chi connectivity index (χ1) is 10.6. The number of nitrogens with zero attached hydrogens (tertiary/aromatic N) is 3. The van der Waals surface area contributed by atoms with Crippen LogP contribution in [0, 0.1) is 6.92 Å². The highest BCUT2D eigenvalue weighted by Crippen LogP contribution is 2.08. The highest BCUT2D eigenvalue weighted by Gasteiger charge is 2.17. The number of carbonyl (C=O) groups is 1. The van der Waals surface area contributed by atoms with Crippen molar-refractivity contribution in [3.05, 3.63) is 64.2 Å². The lowest BCUT2D eigenvalue weighted by molar-refractivity contribution is 0.0936. The number of hydrogen-bond acceptors (Lipinski definition) is 4. The third-order valence-electron chi connectivity index (χ3n) is 3.34. The summed E-state index contributed by atoms with van der Waals surface area (Å²) < 4.78 is 1.34. The maximum Gasteiger partial charge on any atom is 0.270 e. The molecule has 3 aromatic rings. The van der Waals surface area contributed by atoms with Crippen molar-refractivity contribution in [2.24, 2.45) is 0 Å². The number of pyridine rings is 1. The van der Waals surface area contributed by atoms with Crippen molar-refractivity contribution in [3.8, 4) is 0 Å². The summed E-state index contributed by atoms with van der Waals surface area (Å²) in [7, 11) is 0. The van der Waals surface area contributed by atoms with Gasteiger partial charge in [-0.3, -0.25) is 14.0 Å². The molecular weight excluding hydrogens is 282 g/mol. The van der Waals surface area contributed by atoms with Gasteiger partial charge in [0.1, 0.15) is 17.0 Å². The predicted octanol–water partition coefficient (Wildman–Crippen LogP) is 1.22. The number of imidazole rings is 1. The average molecular weight is 297 g/mol. The van der Waals surface area contributed by atoms with E-state index < -0.39 is 11.5 Å². The standard InChI is InChI=1S/C15H15N5O2/c1-9-7-17-13(18-9)10(2)19-14(21)11-8-16-12-5-3-4-6-20(12)15(11)22/h3-8,10H,1-2H3,(H,17,18)(H,19,21). The van der Waals surface area contributed by atoms with Crippen molar-refractivity contribution in [1.29, 1.82) is 0 Å². The highest BCUT2D eigenvalue weighted by atomic mass is 16.2. The first kappa shape index (κ1) is 14.0. The molecule has 2 N–H and O–H groups in total. The van der Waals surface area contributed by atoms with Crippen LogP contribution in [0.3, 0.4) is 0 Å². The van der Waals surface area contributed by atoms with Gasteiger partial charge in [-0.05, 0) is 26.0 Å². The van der Waals surface area contributed by atoms with Crippen LogP contribution >= 0.6 is 0 Å². The second-order valence-corrected chi connectivity index (χ2v) is 5.05. The van der Waals surface area contributed by atoms with Crippen molar-refractivity contribution in [1.82, 2.24) is 24.7 Å². The molecule has 7 nitrogen and oxygen atoms in total. The second kappa shape index (κ2) is 5.44. The lowest BCUT2D eigenvalue weighted by Crippen LogP contribution is -2.33. The summed E-state index contributed by atoms with van der Waals surface area (Å²) in [5, 5.41) is 2.75. The van der Waals surface area contributed by atoms with E-state index in [1.807, 2.05) is 6.92 Å². The molecule has 0 bridgehead atoms. The van der Waals surface area contributed by atoms with E-state index in [0.717, 1.165) is 5.69 Å². The number of hydrogen-bond donors (Lipinski definition) is 2. The summed E-state index contributed by atoms with van der Waals surface area (Å²) in [6.45, 7) is 3.67. The van der Waals surface area contributed by atoms with Gasteiger partial charge in [0.2, 0.25) is 0 Å². The van der Waals surface area contributed by atoms with E-state index in [9.17, 15) is 9.59 Å². The van der Waals surface area contributed by atoms with Crippen molar-refractivity contribution in [3.63, 3.8) is 0 Å². The van der Waals surface area contributed by atoms with E-state index in [0.29, 0.717) is 11.5 Å². The van der Waals surface area contributed by atoms with E-state index in [1.54, 1.807) is 37.5 Å². The van der Waals surface area contributed by atoms with Gasteiger partial charge in [-0.25, -0.2) is 9.97 Å². The minimum Gasteiger partial charge on any atom is -0.344 e. The van der Waals surface area contributed by atoms with E-state index in [2.05, 4.69) is 20.3 Å². The fourth-order valence-corrected chi connectivity index (χ4v) is 2.18. The van der Waals surface area contributed by atoms with Crippen LogP contribution in [0.5, 0.6) is 0 Å². The lowest BCUT2D eigenvalue weighted by atomic mass is 10.2. The Kier molecular flexibility index (Phi) is 3.46. The van der Waals surface area contributed by atoms with Gasteiger partial charge in [0, 0.05) is 24.3 Å². The Labute approximate surface area is 126 Å². The van der Waals surface area contributed by atoms with Crippen molar-refractivity contribution in [2.45, 2.75) is 19.9 Å². The quantitative estimate of drug-likeness (QED) is 0.760. The molecule has 1 amide bonds. The van der Waals surface area contributed by atoms with Crippen LogP contribution in [0.2, 0.25) is 0 Å². The normalized spacial score (nSPS) is 12.3. The van der Waals surface area contributed by atoms with Crippen LogP contribution in [-0.2, 0) is 0 Å². The SMILES string of the molecule is Cc1cnc(C(C)NC(=O)c2cnc3ccccn3c2=O)[nH]1. The summed E-state index contributed by atoms with van der Waals surface area (Å²) in [6.07, 6.45) is 4.57. The molecule has 3 heterocycles. The predicted molar refractivity (Wildman–Crippen MR) is 80.7 cm³/mol. The van der Waals surface area contributed by atoms with E-state index in [4.69, 9.17) is 0 Å². The highest BCUT2D eigenvalue weighted by molar-refractivity contribution is 5.93. The number of fused-ring (bicyclic) bond motifs is 1. The molecule has 0 radical (unpaired) electrons. The number of amides is 1. The van der Waals surface area contributed by atoms with Crippen molar-refractivity contribution < 1.29 is 4.79 Å². The number of rotatable bonds is 3. The van der Waals surface area contributed by atoms with Crippen LogP contribution in [0.15, 0.2) is 41.6 Å². The van der Waals surface area contributed by atoms with Crippen LogP contribution < -0.4 is 10.9 Å². The number of aryl methyl sites for hydroxylation is 1. The Balaban J connectivity index is 1.89. The topological polar surface area (TPSA) is 92.2 Å². The minimum atomic E-state index is -0.475. The van der Waals surface area contributed by atoms with Crippen molar-refractivity contribution >= 4 is 11.6 Å². The molecule has 112 valence electrons. The molecule has 0 saturated carbocycles. The molecule has 0 aliphatic rings. The summed E-state index contributed by atoms with van der Waals surface area (Å²) in [5.74, 6) is 0.164. The molecule has 7 heteroatoms. The molecule has 0 aliphatic heterocycles. The monoisotopic (exact) mass is 297 g/mol. The largest absolute Gasteiger partial charge is 0.344 e. The van der Waals surface area contributed by atoms with Gasteiger partial charge in [-0.2, -0.15) is 0 Å². The van der Waals surface area contributed by atoms with Gasteiger partial charge < -0.3 is 10.3 Å². The molecular formula is C15H15N5O2. The van der Waals surface area contributed by atoms with Gasteiger partial charge in [-0.15, -0.1) is 0 Å². The zero-order valence-electron chi connectivity index (χ0n) is 12.2. The maximum absolute atomic E-state index is 12.3. The second-order valence-electron chi connectivity index (χ2n) is 5.05. The van der Waals surface area contributed by atoms with Crippen molar-refractivity contribution in [2.75, 3.05) is 0 Å². The summed E-state index contributed by atoms with van der Waals surface area (Å²) >= 11 is 0. The van der Waals surface area contributed by atoms with Crippen LogP contribution in [0.4, 0.5) is 0 Å². The molecule has 3 aromatic heterocycles. The van der Waals surface area contributed by atoms with E-state index in [-0.39, 0.29) is 11.6 Å². The fourth-order valence-electron chi connectivity index (χ4n) is 2.18. The summed E-state index contributed by atoms with van der Waals surface area (Å²) in [5.41, 5.74) is 1.01. The molecule has 0 saturated heterocycles. The molecule has 22 heavy (non-hydrogen) atoms. The molecule has 1 atom stereocenters. The maximum atomic E-state index is 12.3. The number of carbonyl (C=O) groups excluding carboxylic acids is 1. The molecule has 3 rings (SSSR count).